The lowest BCUT2D eigenvalue weighted by Gasteiger charge is -2.21. The zero-order chi connectivity index (χ0) is 20.1. The average Bonchev–Trinajstić information content (AvgIpc) is 3.08. The van der Waals surface area contributed by atoms with Gasteiger partial charge in [-0.3, -0.25) is 9.69 Å². The van der Waals surface area contributed by atoms with Gasteiger partial charge in [0.2, 0.25) is 0 Å². The van der Waals surface area contributed by atoms with Crippen molar-refractivity contribution in [2.24, 2.45) is 0 Å². The Balaban J connectivity index is 0.00000300. The first-order chi connectivity index (χ1) is 13.5. The van der Waals surface area contributed by atoms with Gasteiger partial charge >= 0.3 is 0 Å². The number of ether oxygens (including phenoxy) is 1. The fourth-order valence-corrected chi connectivity index (χ4v) is 3.89. The lowest BCUT2D eigenvalue weighted by atomic mass is 10.2. The molecule has 1 heterocycles. The molecule has 0 atom stereocenters. The Morgan fingerprint density at radius 3 is 2.62 bits per heavy atom. The molecule has 0 aliphatic rings. The molecule has 0 spiro atoms. The minimum atomic E-state index is -0.523. The third kappa shape index (κ3) is 5.65. The standard InChI is InChI=1S/C21H24FN3O2S.ClH/c1-4-27-15-10-11-18-19(14-15)28-21(23-18)25(13-7-12-24(2)3)20(26)16-8-5-6-9-17(16)22;/h5-6,8-11,14H,4,7,12-13H2,1-3H3;1H. The third-order valence-electron chi connectivity index (χ3n) is 4.23. The molecule has 0 unspecified atom stereocenters. The summed E-state index contributed by atoms with van der Waals surface area (Å²) in [6.07, 6.45) is 0.757. The van der Waals surface area contributed by atoms with Crippen LogP contribution in [0.5, 0.6) is 5.75 Å². The molecule has 0 aliphatic carbocycles. The van der Waals surface area contributed by atoms with Crippen LogP contribution in [0.15, 0.2) is 42.5 Å². The molecule has 3 rings (SSSR count). The van der Waals surface area contributed by atoms with E-state index in [2.05, 4.69) is 9.88 Å². The number of hydrogen-bond donors (Lipinski definition) is 0. The maximum absolute atomic E-state index is 14.2. The quantitative estimate of drug-likeness (QED) is 0.505. The molecule has 1 amide bonds. The lowest BCUT2D eigenvalue weighted by Crippen LogP contribution is -2.34. The Labute approximate surface area is 180 Å². The predicted molar refractivity (Wildman–Crippen MR) is 119 cm³/mol. The molecule has 8 heteroatoms. The van der Waals surface area contributed by atoms with Gasteiger partial charge in [0.15, 0.2) is 5.13 Å². The molecule has 0 saturated heterocycles. The van der Waals surface area contributed by atoms with Crippen molar-refractivity contribution < 1.29 is 13.9 Å². The fourth-order valence-electron chi connectivity index (χ4n) is 2.87. The third-order valence-corrected chi connectivity index (χ3v) is 5.27. The van der Waals surface area contributed by atoms with Crippen LogP contribution in [-0.4, -0.2) is 49.6 Å². The highest BCUT2D eigenvalue weighted by atomic mass is 35.5. The van der Waals surface area contributed by atoms with Gasteiger partial charge in [0, 0.05) is 6.54 Å². The minimum Gasteiger partial charge on any atom is -0.494 e. The number of anilines is 1. The number of hydrogen-bond acceptors (Lipinski definition) is 5. The van der Waals surface area contributed by atoms with Crippen molar-refractivity contribution in [3.63, 3.8) is 0 Å². The zero-order valence-corrected chi connectivity index (χ0v) is 18.4. The molecule has 0 N–H and O–H groups in total. The Kier molecular flexibility index (Phi) is 8.37. The first-order valence-electron chi connectivity index (χ1n) is 9.24. The molecule has 0 aliphatic heterocycles. The molecule has 0 bridgehead atoms. The van der Waals surface area contributed by atoms with Gasteiger partial charge in [-0.05, 0) is 64.3 Å². The topological polar surface area (TPSA) is 45.7 Å². The summed E-state index contributed by atoms with van der Waals surface area (Å²) in [5.41, 5.74) is 0.851. The van der Waals surface area contributed by atoms with Crippen LogP contribution in [0.2, 0.25) is 0 Å². The summed E-state index contributed by atoms with van der Waals surface area (Å²) >= 11 is 1.41. The number of halogens is 2. The first-order valence-corrected chi connectivity index (χ1v) is 10.1. The number of fused-ring (bicyclic) bond motifs is 1. The number of nitrogens with zero attached hydrogens (tertiary/aromatic N) is 3. The van der Waals surface area contributed by atoms with Crippen LogP contribution >= 0.6 is 23.7 Å². The number of carbonyl (C=O) groups excluding carboxylic acids is 1. The van der Waals surface area contributed by atoms with Crippen LogP contribution < -0.4 is 9.64 Å². The molecular weight excluding hydrogens is 413 g/mol. The van der Waals surface area contributed by atoms with E-state index in [1.54, 1.807) is 17.0 Å². The Bertz CT molecular complexity index is 964. The van der Waals surface area contributed by atoms with Crippen LogP contribution in [0.1, 0.15) is 23.7 Å². The highest BCUT2D eigenvalue weighted by Crippen LogP contribution is 2.32. The molecule has 0 radical (unpaired) electrons. The lowest BCUT2D eigenvalue weighted by molar-refractivity contribution is 0.0982. The van der Waals surface area contributed by atoms with Crippen molar-refractivity contribution in [1.82, 2.24) is 9.88 Å². The van der Waals surface area contributed by atoms with Crippen molar-refractivity contribution >= 4 is 45.0 Å². The normalized spacial score (nSPS) is 10.8. The Morgan fingerprint density at radius 2 is 1.93 bits per heavy atom. The number of aromatic nitrogens is 1. The van der Waals surface area contributed by atoms with Gasteiger partial charge in [-0.1, -0.05) is 23.5 Å². The summed E-state index contributed by atoms with van der Waals surface area (Å²) < 4.78 is 20.7. The van der Waals surface area contributed by atoms with E-state index in [-0.39, 0.29) is 23.9 Å². The van der Waals surface area contributed by atoms with Crippen LogP contribution in [0, 0.1) is 5.82 Å². The molecule has 5 nitrogen and oxygen atoms in total. The zero-order valence-electron chi connectivity index (χ0n) is 16.7. The van der Waals surface area contributed by atoms with E-state index in [1.165, 1.54) is 23.5 Å². The largest absolute Gasteiger partial charge is 0.494 e. The first kappa shape index (κ1) is 23.1. The maximum atomic E-state index is 14.2. The molecule has 29 heavy (non-hydrogen) atoms. The van der Waals surface area contributed by atoms with Crippen molar-refractivity contribution in [1.29, 1.82) is 0 Å². The minimum absolute atomic E-state index is 0. The van der Waals surface area contributed by atoms with Crippen LogP contribution in [0.4, 0.5) is 9.52 Å². The van der Waals surface area contributed by atoms with Gasteiger partial charge in [0.05, 0.1) is 22.4 Å². The summed E-state index contributed by atoms with van der Waals surface area (Å²) in [5.74, 6) is -0.129. The number of rotatable bonds is 8. The molecule has 3 aromatic rings. The van der Waals surface area contributed by atoms with E-state index in [0.717, 1.165) is 28.9 Å². The van der Waals surface area contributed by atoms with E-state index < -0.39 is 5.82 Å². The van der Waals surface area contributed by atoms with Gasteiger partial charge in [-0.25, -0.2) is 9.37 Å². The SMILES string of the molecule is CCOc1ccc2nc(N(CCCN(C)C)C(=O)c3ccccc3F)sc2c1.Cl. The molecular formula is C21H25ClFN3O2S. The number of carbonyl (C=O) groups is 1. The van der Waals surface area contributed by atoms with E-state index in [0.29, 0.717) is 18.3 Å². The van der Waals surface area contributed by atoms with Gasteiger partial charge in [-0.2, -0.15) is 0 Å². The summed E-state index contributed by atoms with van der Waals surface area (Å²) in [7, 11) is 3.96. The van der Waals surface area contributed by atoms with Crippen molar-refractivity contribution in [2.75, 3.05) is 38.7 Å². The van der Waals surface area contributed by atoms with Crippen LogP contribution in [0.25, 0.3) is 10.2 Å². The monoisotopic (exact) mass is 437 g/mol. The summed E-state index contributed by atoms with van der Waals surface area (Å²) in [5, 5.41) is 0.565. The van der Waals surface area contributed by atoms with Gasteiger partial charge in [0.1, 0.15) is 11.6 Å². The molecule has 156 valence electrons. The fraction of sp³-hybridized carbons (Fsp3) is 0.333. The average molecular weight is 438 g/mol. The number of amides is 1. The highest BCUT2D eigenvalue weighted by molar-refractivity contribution is 7.22. The highest BCUT2D eigenvalue weighted by Gasteiger charge is 2.23. The van der Waals surface area contributed by atoms with E-state index in [4.69, 9.17) is 4.74 Å². The van der Waals surface area contributed by atoms with Crippen LogP contribution in [-0.2, 0) is 0 Å². The van der Waals surface area contributed by atoms with E-state index in [9.17, 15) is 9.18 Å². The molecule has 2 aromatic carbocycles. The van der Waals surface area contributed by atoms with Crippen molar-refractivity contribution in [3.8, 4) is 5.75 Å². The summed E-state index contributed by atoms with van der Waals surface area (Å²) in [6, 6.07) is 11.7. The van der Waals surface area contributed by atoms with Crippen molar-refractivity contribution in [2.45, 2.75) is 13.3 Å². The molecule has 0 fully saturated rings. The Hall–Kier alpha value is -2.22. The summed E-state index contributed by atoms with van der Waals surface area (Å²) in [6.45, 7) is 3.80. The Morgan fingerprint density at radius 1 is 1.17 bits per heavy atom. The van der Waals surface area contributed by atoms with Crippen molar-refractivity contribution in [3.05, 3.63) is 53.8 Å². The van der Waals surface area contributed by atoms with E-state index >= 15 is 0 Å². The second kappa shape index (κ2) is 10.5. The molecule has 1 aromatic heterocycles. The number of thiazole rings is 1. The maximum Gasteiger partial charge on any atom is 0.263 e. The van der Waals surface area contributed by atoms with Gasteiger partial charge < -0.3 is 9.64 Å². The second-order valence-electron chi connectivity index (χ2n) is 6.65. The van der Waals surface area contributed by atoms with Gasteiger partial charge in [0.25, 0.3) is 5.91 Å². The van der Waals surface area contributed by atoms with Gasteiger partial charge in [-0.15, -0.1) is 12.4 Å². The van der Waals surface area contributed by atoms with E-state index in [1.807, 2.05) is 39.2 Å². The smallest absolute Gasteiger partial charge is 0.263 e. The van der Waals surface area contributed by atoms with Crippen LogP contribution in [0.3, 0.4) is 0 Å². The number of benzene rings is 2. The molecule has 0 saturated carbocycles. The summed E-state index contributed by atoms with van der Waals surface area (Å²) in [4.78, 5) is 21.4. The predicted octanol–water partition coefficient (Wildman–Crippen LogP) is 4.85. The second-order valence-corrected chi connectivity index (χ2v) is 7.66.